The first-order chi connectivity index (χ1) is 13.7. The summed E-state index contributed by atoms with van der Waals surface area (Å²) in [5, 5.41) is 3.28. The molecule has 0 amide bonds. The first kappa shape index (κ1) is 18.8. The Labute approximate surface area is 164 Å². The average molecular weight is 386 g/mol. The van der Waals surface area contributed by atoms with Gasteiger partial charge in [-0.3, -0.25) is 0 Å². The van der Waals surface area contributed by atoms with Gasteiger partial charge in [0, 0.05) is 38.7 Å². The first-order valence-corrected chi connectivity index (χ1v) is 9.52. The number of rotatable bonds is 6. The molecule has 0 radical (unpaired) electrons. The highest BCUT2D eigenvalue weighted by molar-refractivity contribution is 5.45. The van der Waals surface area contributed by atoms with Crippen LogP contribution in [0.5, 0.6) is 11.5 Å². The van der Waals surface area contributed by atoms with Crippen LogP contribution < -0.4 is 19.7 Å². The standard InChI is InChI=1S/C20H26N4O4/c1-25-16-4-3-15(13-17(16)26-2)14-22-19-21-8-5-18(23-19)24-9-6-20(7-10-24)27-11-12-28-20/h3-5,8,13H,6-7,9-12,14H2,1-2H3,(H,21,22,23). The van der Waals surface area contributed by atoms with E-state index in [1.54, 1.807) is 20.4 Å². The van der Waals surface area contributed by atoms with Gasteiger partial charge >= 0.3 is 0 Å². The summed E-state index contributed by atoms with van der Waals surface area (Å²) in [5.41, 5.74) is 1.06. The van der Waals surface area contributed by atoms with Crippen LogP contribution in [0.4, 0.5) is 11.8 Å². The maximum Gasteiger partial charge on any atom is 0.224 e. The van der Waals surface area contributed by atoms with Crippen molar-refractivity contribution in [3.63, 3.8) is 0 Å². The van der Waals surface area contributed by atoms with E-state index in [4.69, 9.17) is 18.9 Å². The highest BCUT2D eigenvalue weighted by atomic mass is 16.7. The van der Waals surface area contributed by atoms with Crippen LogP contribution in [0.25, 0.3) is 0 Å². The van der Waals surface area contributed by atoms with E-state index in [2.05, 4.69) is 20.2 Å². The minimum Gasteiger partial charge on any atom is -0.493 e. The molecule has 2 aliphatic heterocycles. The van der Waals surface area contributed by atoms with Crippen molar-refractivity contribution in [1.82, 2.24) is 9.97 Å². The van der Waals surface area contributed by atoms with Gasteiger partial charge in [0.25, 0.3) is 0 Å². The Balaban J connectivity index is 1.38. The molecule has 1 aromatic carbocycles. The largest absolute Gasteiger partial charge is 0.493 e. The molecular formula is C20H26N4O4. The number of nitrogens with zero attached hydrogens (tertiary/aromatic N) is 3. The van der Waals surface area contributed by atoms with Gasteiger partial charge in [-0.1, -0.05) is 6.07 Å². The van der Waals surface area contributed by atoms with E-state index in [-0.39, 0.29) is 5.79 Å². The van der Waals surface area contributed by atoms with Crippen molar-refractivity contribution >= 4 is 11.8 Å². The molecular weight excluding hydrogens is 360 g/mol. The van der Waals surface area contributed by atoms with Crippen molar-refractivity contribution in [3.8, 4) is 11.5 Å². The van der Waals surface area contributed by atoms with Crippen LogP contribution in [0.2, 0.25) is 0 Å². The van der Waals surface area contributed by atoms with Gasteiger partial charge < -0.3 is 29.2 Å². The van der Waals surface area contributed by atoms with E-state index >= 15 is 0 Å². The number of hydrogen-bond acceptors (Lipinski definition) is 8. The molecule has 0 atom stereocenters. The minimum atomic E-state index is -0.377. The van der Waals surface area contributed by atoms with E-state index < -0.39 is 0 Å². The first-order valence-electron chi connectivity index (χ1n) is 9.52. The summed E-state index contributed by atoms with van der Waals surface area (Å²) in [4.78, 5) is 11.3. The maximum atomic E-state index is 5.80. The van der Waals surface area contributed by atoms with E-state index in [9.17, 15) is 0 Å². The molecule has 8 heteroatoms. The number of hydrogen-bond donors (Lipinski definition) is 1. The van der Waals surface area contributed by atoms with Gasteiger partial charge in [0.15, 0.2) is 17.3 Å². The number of nitrogens with one attached hydrogen (secondary N) is 1. The van der Waals surface area contributed by atoms with Crippen molar-refractivity contribution in [3.05, 3.63) is 36.0 Å². The van der Waals surface area contributed by atoms with E-state index in [0.717, 1.165) is 37.3 Å². The molecule has 1 N–H and O–H groups in total. The van der Waals surface area contributed by atoms with E-state index in [1.807, 2.05) is 24.3 Å². The van der Waals surface area contributed by atoms with E-state index in [1.165, 1.54) is 0 Å². The van der Waals surface area contributed by atoms with Crippen molar-refractivity contribution in [2.75, 3.05) is 50.7 Å². The van der Waals surface area contributed by atoms with Gasteiger partial charge in [-0.25, -0.2) is 4.98 Å². The molecule has 4 rings (SSSR count). The smallest absolute Gasteiger partial charge is 0.224 e. The summed E-state index contributed by atoms with van der Waals surface area (Å²) in [5.74, 6) is 2.55. The molecule has 2 aliphatic rings. The van der Waals surface area contributed by atoms with Crippen LogP contribution in [0.15, 0.2) is 30.5 Å². The molecule has 2 saturated heterocycles. The second kappa shape index (κ2) is 8.20. The van der Waals surface area contributed by atoms with Gasteiger partial charge in [0.2, 0.25) is 5.95 Å². The summed E-state index contributed by atoms with van der Waals surface area (Å²) < 4.78 is 22.2. The lowest BCUT2D eigenvalue weighted by molar-refractivity contribution is -0.169. The number of piperidine rings is 1. The fourth-order valence-electron chi connectivity index (χ4n) is 3.64. The molecule has 0 bridgehead atoms. The fraction of sp³-hybridized carbons (Fsp3) is 0.500. The van der Waals surface area contributed by atoms with Gasteiger partial charge in [-0.2, -0.15) is 4.98 Å². The Hall–Kier alpha value is -2.58. The number of benzene rings is 1. The lowest BCUT2D eigenvalue weighted by Gasteiger charge is -2.38. The monoisotopic (exact) mass is 386 g/mol. The highest BCUT2D eigenvalue weighted by Gasteiger charge is 2.40. The molecule has 1 spiro atoms. The third-order valence-corrected chi connectivity index (χ3v) is 5.20. The molecule has 150 valence electrons. The zero-order valence-electron chi connectivity index (χ0n) is 16.3. The Kier molecular flexibility index (Phi) is 5.50. The van der Waals surface area contributed by atoms with Crippen LogP contribution in [0.3, 0.4) is 0 Å². The number of ether oxygens (including phenoxy) is 4. The van der Waals surface area contributed by atoms with Crippen molar-refractivity contribution < 1.29 is 18.9 Å². The predicted octanol–water partition coefficient (Wildman–Crippen LogP) is 2.45. The zero-order valence-corrected chi connectivity index (χ0v) is 16.3. The molecule has 2 fully saturated rings. The lowest BCUT2D eigenvalue weighted by Crippen LogP contribution is -2.45. The lowest BCUT2D eigenvalue weighted by atomic mass is 10.0. The fourth-order valence-corrected chi connectivity index (χ4v) is 3.64. The number of anilines is 2. The van der Waals surface area contributed by atoms with Gasteiger partial charge in [0.1, 0.15) is 5.82 Å². The van der Waals surface area contributed by atoms with Crippen molar-refractivity contribution in [2.24, 2.45) is 0 Å². The molecule has 0 unspecified atom stereocenters. The zero-order chi connectivity index (χ0) is 19.4. The van der Waals surface area contributed by atoms with Gasteiger partial charge in [0.05, 0.1) is 27.4 Å². The molecule has 3 heterocycles. The summed E-state index contributed by atoms with van der Waals surface area (Å²) in [7, 11) is 3.26. The van der Waals surface area contributed by atoms with Crippen molar-refractivity contribution in [1.29, 1.82) is 0 Å². The molecule has 1 aromatic heterocycles. The summed E-state index contributed by atoms with van der Waals surface area (Å²) in [6, 6.07) is 7.77. The molecule has 0 aliphatic carbocycles. The Morgan fingerprint density at radius 2 is 1.82 bits per heavy atom. The Morgan fingerprint density at radius 1 is 1.07 bits per heavy atom. The normalized spacial score (nSPS) is 18.3. The van der Waals surface area contributed by atoms with Crippen LogP contribution in [0.1, 0.15) is 18.4 Å². The molecule has 28 heavy (non-hydrogen) atoms. The molecule has 8 nitrogen and oxygen atoms in total. The summed E-state index contributed by atoms with van der Waals surface area (Å²) in [6.07, 6.45) is 3.49. The second-order valence-electron chi connectivity index (χ2n) is 6.88. The van der Waals surface area contributed by atoms with Crippen LogP contribution in [-0.4, -0.2) is 56.3 Å². The van der Waals surface area contributed by atoms with Crippen LogP contribution in [-0.2, 0) is 16.0 Å². The summed E-state index contributed by atoms with van der Waals surface area (Å²) in [6.45, 7) is 3.68. The SMILES string of the molecule is COc1ccc(CNc2nccc(N3CCC4(CC3)OCCO4)n2)cc1OC. The third kappa shape index (κ3) is 3.98. The van der Waals surface area contributed by atoms with Crippen LogP contribution in [0, 0.1) is 0 Å². The predicted molar refractivity (Wildman–Crippen MR) is 105 cm³/mol. The topological polar surface area (TPSA) is 78.0 Å². The minimum absolute atomic E-state index is 0.377. The molecule has 0 saturated carbocycles. The van der Waals surface area contributed by atoms with Crippen LogP contribution >= 0.6 is 0 Å². The highest BCUT2D eigenvalue weighted by Crippen LogP contribution is 2.33. The Morgan fingerprint density at radius 3 is 2.54 bits per heavy atom. The van der Waals surface area contributed by atoms with E-state index in [0.29, 0.717) is 37.2 Å². The Bertz CT molecular complexity index is 801. The third-order valence-electron chi connectivity index (χ3n) is 5.20. The number of aromatic nitrogens is 2. The van der Waals surface area contributed by atoms with Gasteiger partial charge in [-0.15, -0.1) is 0 Å². The van der Waals surface area contributed by atoms with Crippen molar-refractivity contribution in [2.45, 2.75) is 25.2 Å². The average Bonchev–Trinajstić information content (AvgIpc) is 3.20. The maximum absolute atomic E-state index is 5.80. The summed E-state index contributed by atoms with van der Waals surface area (Å²) >= 11 is 0. The molecule has 2 aromatic rings. The quantitative estimate of drug-likeness (QED) is 0.811. The number of methoxy groups -OCH3 is 2. The second-order valence-corrected chi connectivity index (χ2v) is 6.88. The van der Waals surface area contributed by atoms with Gasteiger partial charge in [-0.05, 0) is 23.8 Å².